The van der Waals surface area contributed by atoms with Crippen LogP contribution in [-0.2, 0) is 11.3 Å². The van der Waals surface area contributed by atoms with Crippen molar-refractivity contribution in [3.8, 4) is 11.1 Å². The van der Waals surface area contributed by atoms with E-state index in [2.05, 4.69) is 17.4 Å². The summed E-state index contributed by atoms with van der Waals surface area (Å²) in [5.74, 6) is -0.307. The molecule has 0 spiro atoms. The van der Waals surface area contributed by atoms with Gasteiger partial charge < -0.3 is 5.32 Å². The van der Waals surface area contributed by atoms with Gasteiger partial charge in [-0.1, -0.05) is 84.4 Å². The van der Waals surface area contributed by atoms with Gasteiger partial charge in [0, 0.05) is 0 Å². The van der Waals surface area contributed by atoms with Gasteiger partial charge in [-0.2, -0.15) is 0 Å². The monoisotopic (exact) mass is 368 g/mol. The van der Waals surface area contributed by atoms with Crippen molar-refractivity contribution in [1.29, 1.82) is 0 Å². The molecular weight excluding hydrogens is 348 g/mol. The van der Waals surface area contributed by atoms with E-state index in [9.17, 15) is 9.59 Å². The van der Waals surface area contributed by atoms with E-state index in [4.69, 9.17) is 0 Å². The van der Waals surface area contributed by atoms with E-state index < -0.39 is 6.03 Å². The van der Waals surface area contributed by atoms with Crippen LogP contribution in [0.3, 0.4) is 0 Å². The summed E-state index contributed by atoms with van der Waals surface area (Å²) >= 11 is 0. The van der Waals surface area contributed by atoms with Crippen LogP contribution < -0.4 is 5.32 Å². The number of amides is 3. The molecule has 1 saturated heterocycles. The molecule has 1 aliphatic rings. The number of carbonyl (C=O) groups excluding carboxylic acids is 2. The lowest BCUT2D eigenvalue weighted by molar-refractivity contribution is -0.123. The summed E-state index contributed by atoms with van der Waals surface area (Å²) < 4.78 is 0. The zero-order chi connectivity index (χ0) is 19.5. The van der Waals surface area contributed by atoms with Crippen LogP contribution in [0.2, 0.25) is 0 Å². The number of nitrogens with one attached hydrogen (secondary N) is 1. The SMILES string of the molecule is Cc1cccc(CN2C(=O)N/C(=C/c3ccc(-c4ccccc4)cc3)C2=O)c1. The molecule has 3 aromatic rings. The van der Waals surface area contributed by atoms with Gasteiger partial charge in [-0.15, -0.1) is 0 Å². The highest BCUT2D eigenvalue weighted by Gasteiger charge is 2.33. The van der Waals surface area contributed by atoms with Crippen molar-refractivity contribution in [2.75, 3.05) is 0 Å². The molecule has 0 saturated carbocycles. The lowest BCUT2D eigenvalue weighted by Crippen LogP contribution is -2.30. The van der Waals surface area contributed by atoms with Gasteiger partial charge >= 0.3 is 6.03 Å². The molecule has 4 heteroatoms. The summed E-state index contributed by atoms with van der Waals surface area (Å²) in [6, 6.07) is 25.4. The predicted molar refractivity (Wildman–Crippen MR) is 110 cm³/mol. The van der Waals surface area contributed by atoms with E-state index in [0.717, 1.165) is 27.8 Å². The zero-order valence-electron chi connectivity index (χ0n) is 15.6. The minimum atomic E-state index is -0.390. The minimum absolute atomic E-state index is 0.261. The summed E-state index contributed by atoms with van der Waals surface area (Å²) in [7, 11) is 0. The Hall–Kier alpha value is -3.66. The lowest BCUT2D eigenvalue weighted by atomic mass is 10.0. The number of carbonyl (C=O) groups is 2. The molecule has 0 atom stereocenters. The maximum atomic E-state index is 12.7. The van der Waals surface area contributed by atoms with Crippen molar-refractivity contribution in [1.82, 2.24) is 10.2 Å². The topological polar surface area (TPSA) is 49.4 Å². The smallest absolute Gasteiger partial charge is 0.303 e. The van der Waals surface area contributed by atoms with Crippen LogP contribution in [0, 0.1) is 6.92 Å². The number of benzene rings is 3. The molecule has 4 rings (SSSR count). The Morgan fingerprint density at radius 1 is 0.857 bits per heavy atom. The number of urea groups is 1. The Balaban J connectivity index is 1.52. The highest BCUT2D eigenvalue weighted by molar-refractivity contribution is 6.13. The second-order valence-electron chi connectivity index (χ2n) is 6.86. The van der Waals surface area contributed by atoms with Gasteiger partial charge in [0.05, 0.1) is 6.54 Å². The number of aryl methyl sites for hydroxylation is 1. The highest BCUT2D eigenvalue weighted by atomic mass is 16.2. The van der Waals surface area contributed by atoms with Crippen molar-refractivity contribution < 1.29 is 9.59 Å². The quantitative estimate of drug-likeness (QED) is 0.533. The molecule has 28 heavy (non-hydrogen) atoms. The first kappa shape index (κ1) is 17.7. The molecular formula is C24H20N2O2. The molecule has 1 heterocycles. The first-order valence-electron chi connectivity index (χ1n) is 9.16. The predicted octanol–water partition coefficient (Wildman–Crippen LogP) is 4.75. The maximum Gasteiger partial charge on any atom is 0.329 e. The summed E-state index contributed by atoms with van der Waals surface area (Å²) in [5.41, 5.74) is 5.42. The zero-order valence-corrected chi connectivity index (χ0v) is 15.6. The van der Waals surface area contributed by atoms with Crippen molar-refractivity contribution in [2.24, 2.45) is 0 Å². The van der Waals surface area contributed by atoms with E-state index in [1.54, 1.807) is 6.08 Å². The van der Waals surface area contributed by atoms with E-state index in [-0.39, 0.29) is 12.5 Å². The fourth-order valence-corrected chi connectivity index (χ4v) is 3.28. The number of imide groups is 1. The molecule has 3 aromatic carbocycles. The molecule has 1 fully saturated rings. The third kappa shape index (κ3) is 3.71. The molecule has 1 aliphatic heterocycles. The molecule has 0 bridgehead atoms. The summed E-state index contributed by atoms with van der Waals surface area (Å²) in [5, 5.41) is 2.68. The molecule has 0 unspecified atom stereocenters. The molecule has 138 valence electrons. The lowest BCUT2D eigenvalue weighted by Gasteiger charge is -2.12. The number of hydrogen-bond acceptors (Lipinski definition) is 2. The summed E-state index contributed by atoms with van der Waals surface area (Å²) in [4.78, 5) is 26.2. The normalized spacial score (nSPS) is 15.2. The van der Waals surface area contributed by atoms with Crippen LogP contribution in [0.4, 0.5) is 4.79 Å². The van der Waals surface area contributed by atoms with Crippen LogP contribution >= 0.6 is 0 Å². The molecule has 0 radical (unpaired) electrons. The van der Waals surface area contributed by atoms with Crippen LogP contribution in [0.25, 0.3) is 17.2 Å². The fourth-order valence-electron chi connectivity index (χ4n) is 3.28. The second-order valence-corrected chi connectivity index (χ2v) is 6.86. The first-order chi connectivity index (χ1) is 13.6. The number of hydrogen-bond donors (Lipinski definition) is 1. The Morgan fingerprint density at radius 3 is 2.29 bits per heavy atom. The van der Waals surface area contributed by atoms with Gasteiger partial charge in [-0.25, -0.2) is 4.79 Å². The van der Waals surface area contributed by atoms with Crippen molar-refractivity contribution in [3.63, 3.8) is 0 Å². The molecule has 1 N–H and O–H groups in total. The third-order valence-corrected chi connectivity index (χ3v) is 4.71. The number of nitrogens with zero attached hydrogens (tertiary/aromatic N) is 1. The molecule has 4 nitrogen and oxygen atoms in total. The minimum Gasteiger partial charge on any atom is -0.303 e. The molecule has 0 aromatic heterocycles. The number of rotatable bonds is 4. The van der Waals surface area contributed by atoms with Gasteiger partial charge in [0.15, 0.2) is 0 Å². The van der Waals surface area contributed by atoms with Gasteiger partial charge in [-0.3, -0.25) is 9.69 Å². The summed E-state index contributed by atoms with van der Waals surface area (Å²) in [6.45, 7) is 2.25. The van der Waals surface area contributed by atoms with Gasteiger partial charge in [-0.05, 0) is 35.3 Å². The Bertz CT molecular complexity index is 1050. The Kier molecular flexibility index (Phi) is 4.77. The molecule has 0 aliphatic carbocycles. The third-order valence-electron chi connectivity index (χ3n) is 4.71. The Morgan fingerprint density at radius 2 is 1.57 bits per heavy atom. The van der Waals surface area contributed by atoms with Crippen LogP contribution in [-0.4, -0.2) is 16.8 Å². The van der Waals surface area contributed by atoms with E-state index in [1.165, 1.54) is 4.90 Å². The van der Waals surface area contributed by atoms with Crippen molar-refractivity contribution in [3.05, 3.63) is 101 Å². The van der Waals surface area contributed by atoms with Crippen LogP contribution in [0.1, 0.15) is 16.7 Å². The maximum absolute atomic E-state index is 12.7. The van der Waals surface area contributed by atoms with Gasteiger partial charge in [0.2, 0.25) is 0 Å². The van der Waals surface area contributed by atoms with E-state index in [0.29, 0.717) is 5.70 Å². The molecule has 3 amide bonds. The van der Waals surface area contributed by atoms with Crippen molar-refractivity contribution >= 4 is 18.0 Å². The average molecular weight is 368 g/mol. The van der Waals surface area contributed by atoms with Gasteiger partial charge in [0.25, 0.3) is 5.91 Å². The highest BCUT2D eigenvalue weighted by Crippen LogP contribution is 2.21. The summed E-state index contributed by atoms with van der Waals surface area (Å²) in [6.07, 6.45) is 1.71. The van der Waals surface area contributed by atoms with E-state index in [1.807, 2.05) is 73.7 Å². The average Bonchev–Trinajstić information content (AvgIpc) is 2.97. The van der Waals surface area contributed by atoms with Crippen LogP contribution in [0.5, 0.6) is 0 Å². The standard InChI is InChI=1S/C24H20N2O2/c1-17-6-5-7-19(14-17)16-26-23(27)22(25-24(26)28)15-18-10-12-21(13-11-18)20-8-3-2-4-9-20/h2-15H,16H2,1H3,(H,25,28)/b22-15+. The van der Waals surface area contributed by atoms with E-state index >= 15 is 0 Å². The van der Waals surface area contributed by atoms with Crippen LogP contribution in [0.15, 0.2) is 84.6 Å². The van der Waals surface area contributed by atoms with Gasteiger partial charge in [0.1, 0.15) is 5.70 Å². The Labute approximate surface area is 164 Å². The largest absolute Gasteiger partial charge is 0.329 e. The first-order valence-corrected chi connectivity index (χ1v) is 9.16. The second kappa shape index (κ2) is 7.53. The van der Waals surface area contributed by atoms with Crippen molar-refractivity contribution in [2.45, 2.75) is 13.5 Å². The fraction of sp³-hybridized carbons (Fsp3) is 0.0833.